The first-order valence-corrected chi connectivity index (χ1v) is 4.69. The van der Waals surface area contributed by atoms with Crippen molar-refractivity contribution in [3.05, 3.63) is 0 Å². The molecule has 1 heterocycles. The molecule has 94 valence electrons. The van der Waals surface area contributed by atoms with Gasteiger partial charge in [-0.25, -0.2) is 4.79 Å². The van der Waals surface area contributed by atoms with Gasteiger partial charge >= 0.3 is 12.1 Å². The zero-order valence-electron chi connectivity index (χ0n) is 9.72. The number of carbonyl (C=O) groups excluding carboxylic acids is 1. The van der Waals surface area contributed by atoms with Gasteiger partial charge < -0.3 is 21.0 Å². The predicted molar refractivity (Wildman–Crippen MR) is 58.6 cm³/mol. The summed E-state index contributed by atoms with van der Waals surface area (Å²) in [5.41, 5.74) is 12.0. The summed E-state index contributed by atoms with van der Waals surface area (Å²) in [7, 11) is 0. The number of nitrogens with two attached hydrogens (primary N) is 2. The number of rotatable bonds is 2. The van der Waals surface area contributed by atoms with E-state index in [2.05, 4.69) is 15.0 Å². The monoisotopic (exact) mass is 242 g/mol. The van der Waals surface area contributed by atoms with Crippen molar-refractivity contribution in [1.82, 2.24) is 20.4 Å². The molecule has 0 bridgehead atoms. The molecule has 0 aliphatic rings. The minimum Gasteiger partial charge on any atom is -0.442 e. The van der Waals surface area contributed by atoms with Crippen LogP contribution in [0.15, 0.2) is 0 Å². The Kier molecular flexibility index (Phi) is 3.51. The summed E-state index contributed by atoms with van der Waals surface area (Å²) in [5.74, 6) is -0.225. The van der Waals surface area contributed by atoms with E-state index in [1.165, 1.54) is 0 Å². The van der Waals surface area contributed by atoms with Crippen molar-refractivity contribution in [2.45, 2.75) is 26.4 Å². The SMILES string of the molecule is CC(C)(C)OC(=O)NOc1nc(N)nc(N)n1. The third kappa shape index (κ3) is 4.82. The van der Waals surface area contributed by atoms with Gasteiger partial charge in [0.2, 0.25) is 11.9 Å². The van der Waals surface area contributed by atoms with Crippen LogP contribution < -0.4 is 21.8 Å². The number of hydroxylamine groups is 1. The fourth-order valence-corrected chi connectivity index (χ4v) is 0.820. The molecule has 0 aromatic carbocycles. The molecule has 9 nitrogen and oxygen atoms in total. The van der Waals surface area contributed by atoms with Gasteiger partial charge in [-0.15, -0.1) is 5.48 Å². The zero-order chi connectivity index (χ0) is 13.1. The topological polar surface area (TPSA) is 138 Å². The van der Waals surface area contributed by atoms with Crippen LogP contribution in [0.2, 0.25) is 0 Å². The first-order valence-electron chi connectivity index (χ1n) is 4.69. The molecule has 5 N–H and O–H groups in total. The number of aromatic nitrogens is 3. The van der Waals surface area contributed by atoms with E-state index in [0.29, 0.717) is 0 Å². The third-order valence-electron chi connectivity index (χ3n) is 1.27. The molecule has 0 aliphatic carbocycles. The molecule has 0 atom stereocenters. The zero-order valence-corrected chi connectivity index (χ0v) is 9.72. The largest absolute Gasteiger partial charge is 0.442 e. The highest BCUT2D eigenvalue weighted by Crippen LogP contribution is 2.07. The van der Waals surface area contributed by atoms with Crippen molar-refractivity contribution in [3.63, 3.8) is 0 Å². The Balaban J connectivity index is 2.53. The first kappa shape index (κ1) is 12.7. The molecule has 0 fully saturated rings. The lowest BCUT2D eigenvalue weighted by molar-refractivity contribution is 0.0268. The van der Waals surface area contributed by atoms with Crippen LogP contribution in [0.25, 0.3) is 0 Å². The van der Waals surface area contributed by atoms with Crippen molar-refractivity contribution in [3.8, 4) is 6.01 Å². The minimum atomic E-state index is -0.782. The van der Waals surface area contributed by atoms with Crippen molar-refractivity contribution in [2.24, 2.45) is 0 Å². The molecular weight excluding hydrogens is 228 g/mol. The lowest BCUT2D eigenvalue weighted by Gasteiger charge is -2.19. The molecule has 0 saturated heterocycles. The molecular formula is C8H14N6O3. The van der Waals surface area contributed by atoms with E-state index in [4.69, 9.17) is 21.0 Å². The maximum absolute atomic E-state index is 11.2. The summed E-state index contributed by atoms with van der Waals surface area (Å²) >= 11 is 0. The number of anilines is 2. The smallest absolute Gasteiger partial charge is 0.441 e. The normalized spacial score (nSPS) is 10.8. The van der Waals surface area contributed by atoms with Gasteiger partial charge in [0, 0.05) is 0 Å². The number of hydrogen-bond acceptors (Lipinski definition) is 8. The van der Waals surface area contributed by atoms with Gasteiger partial charge in [0.05, 0.1) is 0 Å². The Labute approximate surface area is 97.5 Å². The van der Waals surface area contributed by atoms with Crippen molar-refractivity contribution >= 4 is 18.0 Å². The Morgan fingerprint density at radius 1 is 1.18 bits per heavy atom. The second-order valence-electron chi connectivity index (χ2n) is 4.04. The Bertz CT molecular complexity index is 396. The Morgan fingerprint density at radius 2 is 1.71 bits per heavy atom. The fraction of sp³-hybridized carbons (Fsp3) is 0.500. The number of hydrogen-bond donors (Lipinski definition) is 3. The van der Waals surface area contributed by atoms with Crippen LogP contribution in [0.4, 0.5) is 16.7 Å². The van der Waals surface area contributed by atoms with Crippen LogP contribution in [0.3, 0.4) is 0 Å². The van der Waals surface area contributed by atoms with E-state index in [1.54, 1.807) is 20.8 Å². The number of amides is 1. The number of ether oxygens (including phenoxy) is 1. The second kappa shape index (κ2) is 4.68. The van der Waals surface area contributed by atoms with Gasteiger partial charge in [0.25, 0.3) is 0 Å². The van der Waals surface area contributed by atoms with Gasteiger partial charge in [0.15, 0.2) is 0 Å². The molecule has 0 aliphatic heterocycles. The average molecular weight is 242 g/mol. The lowest BCUT2D eigenvalue weighted by Crippen LogP contribution is -2.35. The highest BCUT2D eigenvalue weighted by molar-refractivity contribution is 5.66. The van der Waals surface area contributed by atoms with Crippen molar-refractivity contribution in [2.75, 3.05) is 11.5 Å². The predicted octanol–water partition coefficient (Wildman–Crippen LogP) is -0.145. The summed E-state index contributed by atoms with van der Waals surface area (Å²) in [5, 5.41) is 0. The van der Waals surface area contributed by atoms with Crippen LogP contribution >= 0.6 is 0 Å². The number of nitrogens with zero attached hydrogens (tertiary/aromatic N) is 3. The molecule has 17 heavy (non-hydrogen) atoms. The van der Waals surface area contributed by atoms with Gasteiger partial charge in [-0.3, -0.25) is 0 Å². The van der Waals surface area contributed by atoms with E-state index in [0.717, 1.165) is 0 Å². The average Bonchev–Trinajstić information content (AvgIpc) is 2.10. The highest BCUT2D eigenvalue weighted by atomic mass is 16.7. The third-order valence-corrected chi connectivity index (χ3v) is 1.27. The molecule has 1 rings (SSSR count). The van der Waals surface area contributed by atoms with Crippen LogP contribution in [0.5, 0.6) is 6.01 Å². The Morgan fingerprint density at radius 3 is 2.18 bits per heavy atom. The lowest BCUT2D eigenvalue weighted by atomic mass is 10.2. The van der Waals surface area contributed by atoms with Crippen molar-refractivity contribution in [1.29, 1.82) is 0 Å². The van der Waals surface area contributed by atoms with E-state index in [1.807, 2.05) is 5.48 Å². The second-order valence-corrected chi connectivity index (χ2v) is 4.04. The van der Waals surface area contributed by atoms with Gasteiger partial charge in [-0.2, -0.15) is 15.0 Å². The first-order chi connectivity index (χ1) is 7.76. The standard InChI is InChI=1S/C8H14N6O3/c1-8(2,3)16-7(15)14-17-6-12-4(9)11-5(10)13-6/h1-3H3,(H,14,15)(H4,9,10,11,12,13). The van der Waals surface area contributed by atoms with E-state index in [9.17, 15) is 4.79 Å². The van der Waals surface area contributed by atoms with Crippen molar-refractivity contribution < 1.29 is 14.4 Å². The molecule has 0 spiro atoms. The molecule has 0 radical (unpaired) electrons. The fourth-order valence-electron chi connectivity index (χ4n) is 0.820. The van der Waals surface area contributed by atoms with Crippen LogP contribution in [0.1, 0.15) is 20.8 Å². The summed E-state index contributed by atoms with van der Waals surface area (Å²) in [6.45, 7) is 5.14. The van der Waals surface area contributed by atoms with Crippen LogP contribution in [0, 0.1) is 0 Å². The summed E-state index contributed by atoms with van der Waals surface area (Å²) in [6.07, 6.45) is -0.782. The highest BCUT2D eigenvalue weighted by Gasteiger charge is 2.17. The molecule has 0 saturated carbocycles. The summed E-state index contributed by atoms with van der Waals surface area (Å²) in [6, 6.07) is -0.221. The van der Waals surface area contributed by atoms with E-state index in [-0.39, 0.29) is 17.9 Å². The van der Waals surface area contributed by atoms with E-state index >= 15 is 0 Å². The summed E-state index contributed by atoms with van der Waals surface area (Å²) in [4.78, 5) is 26.6. The maximum atomic E-state index is 11.2. The number of carbonyl (C=O) groups is 1. The van der Waals surface area contributed by atoms with Gasteiger partial charge in [-0.1, -0.05) is 0 Å². The molecule has 1 aromatic heterocycles. The molecule has 1 aromatic rings. The number of nitrogens with one attached hydrogen (secondary N) is 1. The molecule has 0 unspecified atom stereocenters. The van der Waals surface area contributed by atoms with Gasteiger partial charge in [-0.05, 0) is 20.8 Å². The summed E-state index contributed by atoms with van der Waals surface area (Å²) < 4.78 is 4.91. The quantitative estimate of drug-likeness (QED) is 0.609. The minimum absolute atomic E-state index is 0.113. The molecule has 9 heteroatoms. The molecule has 1 amide bonds. The van der Waals surface area contributed by atoms with Crippen LogP contribution in [-0.4, -0.2) is 26.6 Å². The number of nitrogen functional groups attached to an aromatic ring is 2. The van der Waals surface area contributed by atoms with E-state index < -0.39 is 11.7 Å². The van der Waals surface area contributed by atoms with Gasteiger partial charge in [0.1, 0.15) is 5.60 Å². The maximum Gasteiger partial charge on any atom is 0.441 e. The Hall–Kier alpha value is -2.32. The van der Waals surface area contributed by atoms with Crippen LogP contribution in [-0.2, 0) is 4.74 Å².